The highest BCUT2D eigenvalue weighted by molar-refractivity contribution is 6.14. The van der Waals surface area contributed by atoms with Gasteiger partial charge in [0.05, 0.1) is 12.6 Å². The molecule has 0 radical (unpaired) electrons. The number of anilines is 1. The van der Waals surface area contributed by atoms with Crippen LogP contribution in [0.3, 0.4) is 0 Å². The number of benzene rings is 2. The van der Waals surface area contributed by atoms with Crippen LogP contribution in [-0.2, 0) is 33.5 Å². The molecule has 5 rings (SSSR count). The first-order valence-electron chi connectivity index (χ1n) is 12.5. The third-order valence-corrected chi connectivity index (χ3v) is 7.21. The molecule has 0 saturated carbocycles. The van der Waals surface area contributed by atoms with Crippen molar-refractivity contribution < 1.29 is 36.7 Å². The predicted octanol–water partition coefficient (Wildman–Crippen LogP) is 3.30. The second-order valence-corrected chi connectivity index (χ2v) is 9.98. The van der Waals surface area contributed by atoms with Gasteiger partial charge in [-0.3, -0.25) is 24.0 Å². The van der Waals surface area contributed by atoms with Gasteiger partial charge in [0.25, 0.3) is 5.91 Å². The third-order valence-electron chi connectivity index (χ3n) is 7.21. The number of carbonyl (C=O) groups is 4. The van der Waals surface area contributed by atoms with E-state index >= 15 is 0 Å². The molecule has 41 heavy (non-hydrogen) atoms. The van der Waals surface area contributed by atoms with Gasteiger partial charge >= 0.3 is 12.2 Å². The molecule has 3 heterocycles. The molecule has 214 valence electrons. The van der Waals surface area contributed by atoms with Crippen LogP contribution < -0.4 is 10.6 Å². The Labute approximate surface area is 230 Å². The van der Waals surface area contributed by atoms with Gasteiger partial charge in [0.2, 0.25) is 11.8 Å². The van der Waals surface area contributed by atoms with E-state index in [4.69, 9.17) is 0 Å². The molecule has 2 atom stereocenters. The summed E-state index contributed by atoms with van der Waals surface area (Å²) in [5, 5.41) is 9.30. The summed E-state index contributed by atoms with van der Waals surface area (Å²) >= 11 is 0. The number of aryl methyl sites for hydroxylation is 1. The number of nitrogens with zero attached hydrogens (tertiary/aromatic N) is 4. The van der Waals surface area contributed by atoms with E-state index in [0.29, 0.717) is 15.4 Å². The van der Waals surface area contributed by atoms with Gasteiger partial charge in [-0.05, 0) is 36.2 Å². The number of hydrogen-bond donors (Lipinski definition) is 2. The second-order valence-electron chi connectivity index (χ2n) is 9.98. The van der Waals surface area contributed by atoms with Crippen molar-refractivity contribution >= 4 is 29.4 Å². The van der Waals surface area contributed by atoms with E-state index in [1.807, 2.05) is 0 Å². The molecule has 10 nitrogen and oxygen atoms in total. The predicted molar refractivity (Wildman–Crippen MR) is 136 cm³/mol. The number of rotatable bonds is 6. The first-order valence-corrected chi connectivity index (χ1v) is 12.5. The molecule has 2 aromatic carbocycles. The number of imide groups is 1. The van der Waals surface area contributed by atoms with Gasteiger partial charge in [-0.25, -0.2) is 9.18 Å². The van der Waals surface area contributed by atoms with Crippen molar-refractivity contribution in [3.63, 3.8) is 0 Å². The number of nitrogens with one attached hydrogen (secondary N) is 2. The molecule has 1 spiro atoms. The third kappa shape index (κ3) is 5.12. The summed E-state index contributed by atoms with van der Waals surface area (Å²) in [4.78, 5) is 53.6. The average molecular weight is 573 g/mol. The monoisotopic (exact) mass is 572 g/mol. The smallest absolute Gasteiger partial charge is 0.326 e. The van der Waals surface area contributed by atoms with Gasteiger partial charge in [-0.1, -0.05) is 24.3 Å². The Hall–Kier alpha value is -4.75. The summed E-state index contributed by atoms with van der Waals surface area (Å²) in [5.74, 6) is -3.29. The number of alkyl halides is 3. The van der Waals surface area contributed by atoms with Crippen molar-refractivity contribution in [1.29, 1.82) is 0 Å². The Morgan fingerprint density at radius 2 is 1.83 bits per heavy atom. The molecule has 0 bridgehead atoms. The molecule has 2 aliphatic heterocycles. The minimum atomic E-state index is -4.82. The molecule has 0 aliphatic carbocycles. The van der Waals surface area contributed by atoms with Gasteiger partial charge in [0.1, 0.15) is 18.4 Å². The number of fused-ring (bicyclic) bond motifs is 2. The lowest BCUT2D eigenvalue weighted by molar-refractivity contribution is -0.187. The number of halogens is 4. The first kappa shape index (κ1) is 27.8. The summed E-state index contributed by atoms with van der Waals surface area (Å²) in [6.07, 6.45) is -1.93. The highest BCUT2D eigenvalue weighted by atomic mass is 19.4. The van der Waals surface area contributed by atoms with E-state index in [1.165, 1.54) is 12.1 Å². The van der Waals surface area contributed by atoms with E-state index in [2.05, 4.69) is 15.7 Å². The Kier molecular flexibility index (Phi) is 6.79. The highest BCUT2D eigenvalue weighted by Gasteiger charge is 2.57. The molecule has 1 aromatic heterocycles. The fourth-order valence-corrected chi connectivity index (χ4v) is 5.00. The van der Waals surface area contributed by atoms with Crippen molar-refractivity contribution in [1.82, 2.24) is 24.9 Å². The summed E-state index contributed by atoms with van der Waals surface area (Å²) < 4.78 is 56.0. The standard InChI is InChI=1S/C27H24F4N6O4/c1-15(27(29,30)31)36(12-16-3-6-19(28)7-4-16)23(39)14-37-24(40)26(34-25(37)41)10-22(38)33-21-9-17(5-8-20(21)26)18-11-32-35(2)13-18/h3-9,11,13,15H,10,12,14H2,1-2H3,(H,33,38)(H,34,41)/t15-,26?/m0/s1. The van der Waals surface area contributed by atoms with E-state index < -0.39 is 66.8 Å². The fourth-order valence-electron chi connectivity index (χ4n) is 5.00. The largest absolute Gasteiger partial charge is 0.408 e. The maximum atomic E-state index is 13.7. The number of aromatic nitrogens is 2. The van der Waals surface area contributed by atoms with Crippen LogP contribution in [0.4, 0.5) is 28.0 Å². The Morgan fingerprint density at radius 3 is 2.46 bits per heavy atom. The SMILES string of the molecule is C[C@H](N(Cc1ccc(F)cc1)C(=O)CN1C(=O)NC2(CC(=O)Nc3cc(-c4cnn(C)c4)ccc32)C1=O)C(F)(F)F. The van der Waals surface area contributed by atoms with Crippen molar-refractivity contribution in [2.45, 2.75) is 37.6 Å². The Bertz CT molecular complexity index is 1550. The Morgan fingerprint density at radius 1 is 1.12 bits per heavy atom. The van der Waals surface area contributed by atoms with Crippen LogP contribution in [-0.4, -0.2) is 62.1 Å². The zero-order chi connectivity index (χ0) is 29.7. The van der Waals surface area contributed by atoms with Gasteiger partial charge < -0.3 is 15.5 Å². The second kappa shape index (κ2) is 10.0. The molecular weight excluding hydrogens is 548 g/mol. The molecular formula is C27H24F4N6O4. The van der Waals surface area contributed by atoms with E-state index in [1.54, 1.807) is 42.3 Å². The zero-order valence-electron chi connectivity index (χ0n) is 21.8. The number of hydrogen-bond acceptors (Lipinski definition) is 5. The van der Waals surface area contributed by atoms with Gasteiger partial charge in [-0.2, -0.15) is 18.3 Å². The van der Waals surface area contributed by atoms with Gasteiger partial charge in [0, 0.05) is 36.6 Å². The normalized spacial score (nSPS) is 19.2. The molecule has 1 unspecified atom stereocenters. The minimum Gasteiger partial charge on any atom is -0.326 e. The van der Waals surface area contributed by atoms with Crippen LogP contribution in [0.2, 0.25) is 0 Å². The van der Waals surface area contributed by atoms with Crippen molar-refractivity contribution in [2.75, 3.05) is 11.9 Å². The lowest BCUT2D eigenvalue weighted by Crippen LogP contribution is -2.52. The quantitative estimate of drug-likeness (QED) is 0.348. The number of carbonyl (C=O) groups excluding carboxylic acids is 4. The van der Waals surface area contributed by atoms with Crippen molar-refractivity contribution in [3.05, 3.63) is 71.8 Å². The maximum Gasteiger partial charge on any atom is 0.408 e. The van der Waals surface area contributed by atoms with Crippen molar-refractivity contribution in [2.24, 2.45) is 7.05 Å². The summed E-state index contributed by atoms with van der Waals surface area (Å²) in [6, 6.07) is 6.12. The zero-order valence-corrected chi connectivity index (χ0v) is 21.8. The molecule has 5 amide bonds. The number of urea groups is 1. The maximum absolute atomic E-state index is 13.7. The number of amides is 5. The van der Waals surface area contributed by atoms with E-state index in [0.717, 1.165) is 24.6 Å². The average Bonchev–Trinajstić information content (AvgIpc) is 3.44. The van der Waals surface area contributed by atoms with Crippen LogP contribution in [0, 0.1) is 5.82 Å². The van der Waals surface area contributed by atoms with Crippen LogP contribution in [0.25, 0.3) is 11.1 Å². The summed E-state index contributed by atoms with van der Waals surface area (Å²) in [6.45, 7) is -0.772. The van der Waals surface area contributed by atoms with Gasteiger partial charge in [0.15, 0.2) is 5.54 Å². The van der Waals surface area contributed by atoms with Crippen LogP contribution in [0.1, 0.15) is 24.5 Å². The Balaban J connectivity index is 1.44. The minimum absolute atomic E-state index is 0.215. The lowest BCUT2D eigenvalue weighted by atomic mass is 9.81. The summed E-state index contributed by atoms with van der Waals surface area (Å²) in [5.41, 5.74) is 0.304. The summed E-state index contributed by atoms with van der Waals surface area (Å²) in [7, 11) is 1.73. The highest BCUT2D eigenvalue weighted by Crippen LogP contribution is 2.42. The van der Waals surface area contributed by atoms with Crippen molar-refractivity contribution in [3.8, 4) is 11.1 Å². The van der Waals surface area contributed by atoms with Crippen LogP contribution in [0.15, 0.2) is 54.9 Å². The molecule has 1 fully saturated rings. The molecule has 2 N–H and O–H groups in total. The van der Waals surface area contributed by atoms with Gasteiger partial charge in [-0.15, -0.1) is 0 Å². The molecule has 3 aromatic rings. The molecule has 2 aliphatic rings. The van der Waals surface area contributed by atoms with E-state index in [9.17, 15) is 36.7 Å². The topological polar surface area (TPSA) is 117 Å². The molecule has 1 saturated heterocycles. The van der Waals surface area contributed by atoms with Crippen LogP contribution >= 0.6 is 0 Å². The lowest BCUT2D eigenvalue weighted by Gasteiger charge is -2.34. The first-order chi connectivity index (χ1) is 19.3. The van der Waals surface area contributed by atoms with E-state index in [-0.39, 0.29) is 16.8 Å². The fraction of sp³-hybridized carbons (Fsp3) is 0.296. The van der Waals surface area contributed by atoms with Crippen LogP contribution in [0.5, 0.6) is 0 Å². The molecule has 14 heteroatoms.